The second kappa shape index (κ2) is 5.05. The minimum atomic E-state index is 0.638. The molecule has 0 aliphatic carbocycles. The van der Waals surface area contributed by atoms with Gasteiger partial charge in [0, 0.05) is 25.0 Å². The largest absolute Gasteiger partial charge is 0.397 e. The van der Waals surface area contributed by atoms with Crippen molar-refractivity contribution in [3.05, 3.63) is 35.4 Å². The van der Waals surface area contributed by atoms with Crippen molar-refractivity contribution in [3.63, 3.8) is 0 Å². The topological polar surface area (TPSA) is 68.8 Å². The molecule has 0 fully saturated rings. The van der Waals surface area contributed by atoms with E-state index < -0.39 is 0 Å². The van der Waals surface area contributed by atoms with Crippen LogP contribution in [0.1, 0.15) is 5.82 Å². The molecular formula is C11H14ClN5. The zero-order chi connectivity index (χ0) is 12.3. The molecule has 1 aromatic heterocycles. The van der Waals surface area contributed by atoms with Gasteiger partial charge in [0.2, 0.25) is 0 Å². The van der Waals surface area contributed by atoms with Gasteiger partial charge in [0.1, 0.15) is 6.33 Å². The SMILES string of the molecule is Cn1cnc(CCNc2ccc(Cl)cc2N)n1. The standard InChI is InChI=1S/C11H14ClN5/c1-17-7-15-11(16-17)4-5-14-10-3-2-8(12)6-9(10)13/h2-3,6-7,14H,4-5,13H2,1H3. The third kappa shape index (κ3) is 3.10. The predicted octanol–water partition coefficient (Wildman–Crippen LogP) is 1.71. The zero-order valence-electron chi connectivity index (χ0n) is 9.52. The maximum Gasteiger partial charge on any atom is 0.152 e. The highest BCUT2D eigenvalue weighted by Gasteiger charge is 2.01. The molecular weight excluding hydrogens is 238 g/mol. The average Bonchev–Trinajstić information content (AvgIpc) is 2.68. The van der Waals surface area contributed by atoms with Crippen LogP contribution in [0.4, 0.5) is 11.4 Å². The number of halogens is 1. The van der Waals surface area contributed by atoms with Crippen LogP contribution in [-0.2, 0) is 13.5 Å². The zero-order valence-corrected chi connectivity index (χ0v) is 10.3. The number of hydrogen-bond donors (Lipinski definition) is 2. The number of nitrogens with zero attached hydrogens (tertiary/aromatic N) is 3. The molecule has 0 spiro atoms. The molecule has 0 radical (unpaired) electrons. The van der Waals surface area contributed by atoms with E-state index in [0.717, 1.165) is 24.5 Å². The molecule has 2 rings (SSSR count). The lowest BCUT2D eigenvalue weighted by Crippen LogP contribution is -2.08. The average molecular weight is 252 g/mol. The predicted molar refractivity (Wildman–Crippen MR) is 69.1 cm³/mol. The van der Waals surface area contributed by atoms with Crippen molar-refractivity contribution in [3.8, 4) is 0 Å². The fraction of sp³-hybridized carbons (Fsp3) is 0.273. The Balaban J connectivity index is 1.90. The van der Waals surface area contributed by atoms with Gasteiger partial charge < -0.3 is 11.1 Å². The molecule has 2 aromatic rings. The summed E-state index contributed by atoms with van der Waals surface area (Å²) in [5.74, 6) is 0.813. The van der Waals surface area contributed by atoms with Crippen molar-refractivity contribution in [2.45, 2.75) is 6.42 Å². The van der Waals surface area contributed by atoms with E-state index >= 15 is 0 Å². The number of benzene rings is 1. The van der Waals surface area contributed by atoms with E-state index in [9.17, 15) is 0 Å². The third-order valence-electron chi connectivity index (χ3n) is 2.32. The fourth-order valence-corrected chi connectivity index (χ4v) is 1.68. The number of aryl methyl sites for hydroxylation is 1. The van der Waals surface area contributed by atoms with E-state index in [0.29, 0.717) is 10.7 Å². The van der Waals surface area contributed by atoms with Crippen molar-refractivity contribution in [2.24, 2.45) is 7.05 Å². The molecule has 1 aromatic carbocycles. The fourth-order valence-electron chi connectivity index (χ4n) is 1.50. The highest BCUT2D eigenvalue weighted by Crippen LogP contribution is 2.22. The van der Waals surface area contributed by atoms with Crippen LogP contribution >= 0.6 is 11.6 Å². The Labute approximate surface area is 105 Å². The van der Waals surface area contributed by atoms with Gasteiger partial charge in [-0.3, -0.25) is 4.68 Å². The third-order valence-corrected chi connectivity index (χ3v) is 2.56. The Morgan fingerprint density at radius 2 is 2.29 bits per heavy atom. The first-order valence-corrected chi connectivity index (χ1v) is 5.66. The number of nitrogens with one attached hydrogen (secondary N) is 1. The summed E-state index contributed by atoms with van der Waals surface area (Å²) in [7, 11) is 1.85. The lowest BCUT2D eigenvalue weighted by Gasteiger charge is -2.08. The van der Waals surface area contributed by atoms with E-state index in [4.69, 9.17) is 17.3 Å². The first-order chi connectivity index (χ1) is 8.15. The monoisotopic (exact) mass is 251 g/mol. The highest BCUT2D eigenvalue weighted by molar-refractivity contribution is 6.31. The number of hydrogen-bond acceptors (Lipinski definition) is 4. The van der Waals surface area contributed by atoms with Crippen LogP contribution in [0.15, 0.2) is 24.5 Å². The highest BCUT2D eigenvalue weighted by atomic mass is 35.5. The summed E-state index contributed by atoms with van der Waals surface area (Å²) in [4.78, 5) is 4.14. The van der Waals surface area contributed by atoms with E-state index in [2.05, 4.69) is 15.4 Å². The Morgan fingerprint density at radius 3 is 2.94 bits per heavy atom. The smallest absolute Gasteiger partial charge is 0.152 e. The molecule has 17 heavy (non-hydrogen) atoms. The van der Waals surface area contributed by atoms with Gasteiger partial charge in [0.25, 0.3) is 0 Å². The van der Waals surface area contributed by atoms with Crippen molar-refractivity contribution < 1.29 is 0 Å². The molecule has 0 aliphatic rings. The summed E-state index contributed by atoms with van der Waals surface area (Å²) in [5, 5.41) is 8.05. The van der Waals surface area contributed by atoms with E-state index in [1.807, 2.05) is 13.1 Å². The molecule has 3 N–H and O–H groups in total. The van der Waals surface area contributed by atoms with Crippen molar-refractivity contribution >= 4 is 23.0 Å². The normalized spacial score (nSPS) is 10.5. The summed E-state index contributed by atoms with van der Waals surface area (Å²) in [5.41, 5.74) is 7.35. The molecule has 90 valence electrons. The van der Waals surface area contributed by atoms with Crippen LogP contribution in [0.2, 0.25) is 5.02 Å². The Morgan fingerprint density at radius 1 is 1.47 bits per heavy atom. The van der Waals surface area contributed by atoms with E-state index in [1.54, 1.807) is 23.1 Å². The van der Waals surface area contributed by atoms with E-state index in [-0.39, 0.29) is 0 Å². The Bertz CT molecular complexity index is 508. The lowest BCUT2D eigenvalue weighted by molar-refractivity contribution is 0.742. The Hall–Kier alpha value is -1.75. The lowest BCUT2D eigenvalue weighted by atomic mass is 10.2. The van der Waals surface area contributed by atoms with Crippen LogP contribution in [0.5, 0.6) is 0 Å². The first kappa shape index (κ1) is 11.7. The van der Waals surface area contributed by atoms with Crippen LogP contribution in [0.25, 0.3) is 0 Å². The molecule has 0 saturated heterocycles. The second-order valence-corrected chi connectivity index (χ2v) is 4.18. The summed E-state index contributed by atoms with van der Waals surface area (Å²) in [6.07, 6.45) is 2.44. The number of aromatic nitrogens is 3. The van der Waals surface area contributed by atoms with Gasteiger partial charge in [-0.15, -0.1) is 0 Å². The molecule has 0 atom stereocenters. The van der Waals surface area contributed by atoms with Gasteiger partial charge in [0.15, 0.2) is 5.82 Å². The number of anilines is 2. The number of rotatable bonds is 4. The minimum absolute atomic E-state index is 0.638. The van der Waals surface area contributed by atoms with E-state index in [1.165, 1.54) is 0 Å². The molecule has 0 aliphatic heterocycles. The summed E-state index contributed by atoms with van der Waals surface area (Å²) in [6.45, 7) is 0.732. The number of nitrogen functional groups attached to an aromatic ring is 1. The maximum absolute atomic E-state index is 5.82. The van der Waals surface area contributed by atoms with Crippen LogP contribution < -0.4 is 11.1 Å². The van der Waals surface area contributed by atoms with Crippen molar-refractivity contribution in [2.75, 3.05) is 17.6 Å². The number of nitrogens with two attached hydrogens (primary N) is 1. The van der Waals surface area contributed by atoms with Crippen LogP contribution in [-0.4, -0.2) is 21.3 Å². The van der Waals surface area contributed by atoms with Gasteiger partial charge in [-0.05, 0) is 18.2 Å². The van der Waals surface area contributed by atoms with Gasteiger partial charge in [-0.1, -0.05) is 11.6 Å². The maximum atomic E-state index is 5.82. The van der Waals surface area contributed by atoms with Crippen molar-refractivity contribution in [1.29, 1.82) is 0 Å². The van der Waals surface area contributed by atoms with Crippen LogP contribution in [0, 0.1) is 0 Å². The minimum Gasteiger partial charge on any atom is -0.397 e. The molecule has 1 heterocycles. The van der Waals surface area contributed by atoms with Gasteiger partial charge >= 0.3 is 0 Å². The molecule has 6 heteroatoms. The van der Waals surface area contributed by atoms with Crippen LogP contribution in [0.3, 0.4) is 0 Å². The summed E-state index contributed by atoms with van der Waals surface area (Å²) >= 11 is 5.82. The van der Waals surface area contributed by atoms with Gasteiger partial charge in [0.05, 0.1) is 11.4 Å². The molecule has 0 saturated carbocycles. The van der Waals surface area contributed by atoms with Crippen molar-refractivity contribution in [1.82, 2.24) is 14.8 Å². The molecule has 5 nitrogen and oxygen atoms in total. The first-order valence-electron chi connectivity index (χ1n) is 5.28. The second-order valence-electron chi connectivity index (χ2n) is 3.74. The molecule has 0 unspecified atom stereocenters. The van der Waals surface area contributed by atoms with Gasteiger partial charge in [-0.25, -0.2) is 4.98 Å². The van der Waals surface area contributed by atoms with Gasteiger partial charge in [-0.2, -0.15) is 5.10 Å². The molecule has 0 amide bonds. The summed E-state index contributed by atoms with van der Waals surface area (Å²) < 4.78 is 1.69. The Kier molecular flexibility index (Phi) is 3.49. The summed E-state index contributed by atoms with van der Waals surface area (Å²) in [6, 6.07) is 5.39. The molecule has 0 bridgehead atoms. The quantitative estimate of drug-likeness (QED) is 0.812.